The van der Waals surface area contributed by atoms with Gasteiger partial charge in [-0.1, -0.05) is 19.1 Å². The summed E-state index contributed by atoms with van der Waals surface area (Å²) < 4.78 is 0.853. The van der Waals surface area contributed by atoms with E-state index in [1.807, 2.05) is 32.0 Å². The second-order valence-electron chi connectivity index (χ2n) is 4.62. The SMILES string of the molecule is Cc1cccc(C(=O)NCCCC(C)CO)c1Br. The summed E-state index contributed by atoms with van der Waals surface area (Å²) in [6, 6.07) is 5.65. The zero-order valence-corrected chi connectivity index (χ0v) is 12.5. The van der Waals surface area contributed by atoms with E-state index < -0.39 is 0 Å². The molecule has 0 aliphatic rings. The summed E-state index contributed by atoms with van der Waals surface area (Å²) in [4.78, 5) is 11.9. The highest BCUT2D eigenvalue weighted by molar-refractivity contribution is 9.10. The number of aliphatic hydroxyl groups is 1. The molecule has 0 aromatic heterocycles. The first-order valence-electron chi connectivity index (χ1n) is 6.20. The van der Waals surface area contributed by atoms with Crippen molar-refractivity contribution in [3.63, 3.8) is 0 Å². The zero-order valence-electron chi connectivity index (χ0n) is 10.9. The molecule has 18 heavy (non-hydrogen) atoms. The van der Waals surface area contributed by atoms with Crippen LogP contribution in [0.4, 0.5) is 0 Å². The second kappa shape index (κ2) is 7.54. The van der Waals surface area contributed by atoms with Crippen molar-refractivity contribution in [3.05, 3.63) is 33.8 Å². The van der Waals surface area contributed by atoms with Crippen LogP contribution in [0.1, 0.15) is 35.7 Å². The first-order chi connectivity index (χ1) is 8.56. The summed E-state index contributed by atoms with van der Waals surface area (Å²) in [6.45, 7) is 4.81. The van der Waals surface area contributed by atoms with E-state index in [1.165, 1.54) is 0 Å². The Balaban J connectivity index is 2.44. The van der Waals surface area contributed by atoms with Crippen LogP contribution in [-0.4, -0.2) is 24.2 Å². The third-order valence-corrected chi connectivity index (χ3v) is 3.96. The molecule has 1 rings (SSSR count). The number of amides is 1. The normalized spacial score (nSPS) is 12.2. The van der Waals surface area contributed by atoms with E-state index in [-0.39, 0.29) is 12.5 Å². The van der Waals surface area contributed by atoms with Crippen LogP contribution in [0, 0.1) is 12.8 Å². The Morgan fingerprint density at radius 3 is 2.89 bits per heavy atom. The van der Waals surface area contributed by atoms with E-state index in [4.69, 9.17) is 5.11 Å². The first kappa shape index (κ1) is 15.2. The molecule has 0 spiro atoms. The number of benzene rings is 1. The number of carbonyl (C=O) groups is 1. The van der Waals surface area contributed by atoms with Crippen LogP contribution in [0.25, 0.3) is 0 Å². The van der Waals surface area contributed by atoms with Crippen LogP contribution in [0.5, 0.6) is 0 Å². The quantitative estimate of drug-likeness (QED) is 0.793. The van der Waals surface area contributed by atoms with Crippen molar-refractivity contribution in [2.45, 2.75) is 26.7 Å². The number of halogens is 1. The average Bonchev–Trinajstić information content (AvgIpc) is 2.37. The lowest BCUT2D eigenvalue weighted by molar-refractivity contribution is 0.0951. The fraction of sp³-hybridized carbons (Fsp3) is 0.500. The third kappa shape index (κ3) is 4.42. The molecule has 1 atom stereocenters. The molecule has 3 nitrogen and oxygen atoms in total. The van der Waals surface area contributed by atoms with Crippen molar-refractivity contribution in [1.82, 2.24) is 5.32 Å². The van der Waals surface area contributed by atoms with Crippen LogP contribution in [0.15, 0.2) is 22.7 Å². The van der Waals surface area contributed by atoms with E-state index in [9.17, 15) is 4.79 Å². The fourth-order valence-electron chi connectivity index (χ4n) is 1.66. The summed E-state index contributed by atoms with van der Waals surface area (Å²) in [5.74, 6) is 0.245. The molecule has 1 unspecified atom stereocenters. The standard InChI is InChI=1S/C14H20BrNO2/c1-10(9-17)5-4-8-16-14(18)12-7-3-6-11(2)13(12)15/h3,6-7,10,17H,4-5,8-9H2,1-2H3,(H,16,18). The molecule has 1 amide bonds. The van der Waals surface area contributed by atoms with Gasteiger partial charge in [-0.3, -0.25) is 4.79 Å². The highest BCUT2D eigenvalue weighted by Crippen LogP contribution is 2.20. The summed E-state index contributed by atoms with van der Waals surface area (Å²) >= 11 is 3.43. The lowest BCUT2D eigenvalue weighted by Crippen LogP contribution is -2.25. The Bertz CT molecular complexity index is 407. The van der Waals surface area contributed by atoms with Gasteiger partial charge in [-0.05, 0) is 53.2 Å². The molecule has 0 aliphatic carbocycles. The molecule has 0 saturated carbocycles. The van der Waals surface area contributed by atoms with E-state index >= 15 is 0 Å². The van der Waals surface area contributed by atoms with Gasteiger partial charge in [-0.2, -0.15) is 0 Å². The third-order valence-electron chi connectivity index (χ3n) is 2.91. The zero-order chi connectivity index (χ0) is 13.5. The first-order valence-corrected chi connectivity index (χ1v) is 6.99. The topological polar surface area (TPSA) is 49.3 Å². The van der Waals surface area contributed by atoms with Gasteiger partial charge >= 0.3 is 0 Å². The van der Waals surface area contributed by atoms with Crippen LogP contribution in [-0.2, 0) is 0 Å². The molecule has 1 aromatic rings. The van der Waals surface area contributed by atoms with Gasteiger partial charge in [0.05, 0.1) is 5.56 Å². The summed E-state index contributed by atoms with van der Waals surface area (Å²) in [6.07, 6.45) is 1.81. The van der Waals surface area contributed by atoms with Crippen molar-refractivity contribution in [2.24, 2.45) is 5.92 Å². The smallest absolute Gasteiger partial charge is 0.252 e. The lowest BCUT2D eigenvalue weighted by Gasteiger charge is -2.10. The van der Waals surface area contributed by atoms with E-state index in [0.29, 0.717) is 18.0 Å². The van der Waals surface area contributed by atoms with Gasteiger partial charge in [0.25, 0.3) is 5.91 Å². The average molecular weight is 314 g/mol. The Morgan fingerprint density at radius 2 is 2.22 bits per heavy atom. The van der Waals surface area contributed by atoms with E-state index in [1.54, 1.807) is 0 Å². The molecule has 4 heteroatoms. The van der Waals surface area contributed by atoms with Crippen molar-refractivity contribution < 1.29 is 9.90 Å². The van der Waals surface area contributed by atoms with Crippen molar-refractivity contribution in [3.8, 4) is 0 Å². The van der Waals surface area contributed by atoms with Gasteiger partial charge in [0.2, 0.25) is 0 Å². The number of nitrogens with one attached hydrogen (secondary N) is 1. The van der Waals surface area contributed by atoms with Gasteiger partial charge in [-0.15, -0.1) is 0 Å². The predicted molar refractivity (Wildman–Crippen MR) is 76.7 cm³/mol. The summed E-state index contributed by atoms with van der Waals surface area (Å²) in [5.41, 5.74) is 1.72. The van der Waals surface area contributed by atoms with Crippen molar-refractivity contribution in [2.75, 3.05) is 13.2 Å². The minimum Gasteiger partial charge on any atom is -0.396 e. The molecule has 0 fully saturated rings. The molecule has 0 aliphatic heterocycles. The molecule has 0 bridgehead atoms. The van der Waals surface area contributed by atoms with Crippen molar-refractivity contribution in [1.29, 1.82) is 0 Å². The molecular formula is C14H20BrNO2. The molecule has 0 heterocycles. The second-order valence-corrected chi connectivity index (χ2v) is 5.42. The van der Waals surface area contributed by atoms with Gasteiger partial charge < -0.3 is 10.4 Å². The van der Waals surface area contributed by atoms with Crippen LogP contribution >= 0.6 is 15.9 Å². The minimum absolute atomic E-state index is 0.0535. The maximum atomic E-state index is 11.9. The minimum atomic E-state index is -0.0535. The molecule has 100 valence electrons. The van der Waals surface area contributed by atoms with Crippen LogP contribution in [0.3, 0.4) is 0 Å². The van der Waals surface area contributed by atoms with E-state index in [2.05, 4.69) is 21.2 Å². The summed E-state index contributed by atoms with van der Waals surface area (Å²) in [7, 11) is 0. The maximum absolute atomic E-state index is 11.9. The van der Waals surface area contributed by atoms with Gasteiger partial charge in [0.15, 0.2) is 0 Å². The van der Waals surface area contributed by atoms with Crippen molar-refractivity contribution >= 4 is 21.8 Å². The van der Waals surface area contributed by atoms with Gasteiger partial charge in [0, 0.05) is 17.6 Å². The molecule has 0 saturated heterocycles. The number of carbonyl (C=O) groups excluding carboxylic acids is 1. The number of hydrogen-bond donors (Lipinski definition) is 2. The predicted octanol–water partition coefficient (Wildman–Crippen LogP) is 2.90. The Hall–Kier alpha value is -0.870. The molecule has 0 radical (unpaired) electrons. The molecule has 1 aromatic carbocycles. The number of aryl methyl sites for hydroxylation is 1. The van der Waals surface area contributed by atoms with Gasteiger partial charge in [0.1, 0.15) is 0 Å². The number of aliphatic hydroxyl groups excluding tert-OH is 1. The molecular weight excluding hydrogens is 294 g/mol. The Morgan fingerprint density at radius 1 is 1.50 bits per heavy atom. The Kier molecular flexibility index (Phi) is 6.36. The molecule has 2 N–H and O–H groups in total. The highest BCUT2D eigenvalue weighted by atomic mass is 79.9. The number of rotatable bonds is 6. The number of hydrogen-bond acceptors (Lipinski definition) is 2. The van der Waals surface area contributed by atoms with E-state index in [0.717, 1.165) is 22.9 Å². The highest BCUT2D eigenvalue weighted by Gasteiger charge is 2.10. The Labute approximate surface area is 117 Å². The maximum Gasteiger partial charge on any atom is 0.252 e. The van der Waals surface area contributed by atoms with Gasteiger partial charge in [-0.25, -0.2) is 0 Å². The summed E-state index contributed by atoms with van der Waals surface area (Å²) in [5, 5.41) is 11.8. The largest absolute Gasteiger partial charge is 0.396 e. The lowest BCUT2D eigenvalue weighted by atomic mass is 10.1. The fourth-order valence-corrected chi connectivity index (χ4v) is 2.11. The monoisotopic (exact) mass is 313 g/mol. The van der Waals surface area contributed by atoms with Crippen LogP contribution in [0.2, 0.25) is 0 Å². The van der Waals surface area contributed by atoms with Crippen LogP contribution < -0.4 is 5.32 Å².